The lowest BCUT2D eigenvalue weighted by atomic mass is 9.77. The normalized spacial score (nSPS) is 27.6. The minimum atomic E-state index is -1.04. The average Bonchev–Trinajstić information content (AvgIpc) is 2.19. The van der Waals surface area contributed by atoms with Crippen LogP contribution in [0, 0.1) is 11.8 Å². The molecule has 2 N–H and O–H groups in total. The van der Waals surface area contributed by atoms with Gasteiger partial charge in [0.2, 0.25) is 11.8 Å². The van der Waals surface area contributed by atoms with Crippen LogP contribution in [0.4, 0.5) is 4.79 Å². The van der Waals surface area contributed by atoms with Gasteiger partial charge in [0.25, 0.3) is 0 Å². The summed E-state index contributed by atoms with van der Waals surface area (Å²) in [6, 6.07) is -0.811. The maximum absolute atomic E-state index is 11.6. The molecule has 0 aromatic carbocycles. The van der Waals surface area contributed by atoms with Crippen LogP contribution >= 0.6 is 0 Å². The van der Waals surface area contributed by atoms with Gasteiger partial charge < -0.3 is 0 Å². The van der Waals surface area contributed by atoms with Crippen molar-refractivity contribution in [2.75, 3.05) is 0 Å². The van der Waals surface area contributed by atoms with Crippen LogP contribution in [-0.4, -0.2) is 23.6 Å². The highest BCUT2D eigenvalue weighted by molar-refractivity contribution is 6.17. The molecule has 0 radical (unpaired) electrons. The standard InChI is InChI=1S/C10H12N2O4/c13-6-4-2-1-3-5(6)7-8(14)11-10(16)12-9(7)15/h5,7H,1-4H2,(H2,11,12,14,15,16). The van der Waals surface area contributed by atoms with Crippen LogP contribution in [0.15, 0.2) is 0 Å². The number of urea groups is 1. The SMILES string of the molecule is O=C1NC(=O)C(C2CCCCC2=O)C(=O)N1. The van der Waals surface area contributed by atoms with Gasteiger partial charge in [0.15, 0.2) is 0 Å². The monoisotopic (exact) mass is 224 g/mol. The molecule has 1 saturated heterocycles. The van der Waals surface area contributed by atoms with E-state index in [2.05, 4.69) is 0 Å². The van der Waals surface area contributed by atoms with Gasteiger partial charge in [-0.1, -0.05) is 6.42 Å². The van der Waals surface area contributed by atoms with Gasteiger partial charge >= 0.3 is 6.03 Å². The van der Waals surface area contributed by atoms with Crippen molar-refractivity contribution in [1.29, 1.82) is 0 Å². The Labute approximate surface area is 91.8 Å². The van der Waals surface area contributed by atoms with Crippen molar-refractivity contribution >= 4 is 23.6 Å². The molecule has 0 aromatic heterocycles. The second-order valence-corrected chi connectivity index (χ2v) is 4.10. The minimum absolute atomic E-state index is 0.0594. The topological polar surface area (TPSA) is 92.3 Å². The van der Waals surface area contributed by atoms with Crippen LogP contribution in [0.3, 0.4) is 0 Å². The number of barbiturate groups is 1. The van der Waals surface area contributed by atoms with Crippen LogP contribution in [0.2, 0.25) is 0 Å². The smallest absolute Gasteiger partial charge is 0.299 e. The molecule has 16 heavy (non-hydrogen) atoms. The number of Topliss-reactive ketones (excluding diaryl/α,β-unsaturated/α-hetero) is 1. The van der Waals surface area contributed by atoms with Gasteiger partial charge in [-0.05, 0) is 12.8 Å². The number of rotatable bonds is 1. The van der Waals surface area contributed by atoms with Gasteiger partial charge in [0.05, 0.1) is 0 Å². The van der Waals surface area contributed by atoms with Gasteiger partial charge in [-0.3, -0.25) is 25.0 Å². The van der Waals surface area contributed by atoms with E-state index in [4.69, 9.17) is 0 Å². The number of imide groups is 2. The molecule has 2 fully saturated rings. The van der Waals surface area contributed by atoms with Crippen LogP contribution in [0.5, 0.6) is 0 Å². The zero-order valence-corrected chi connectivity index (χ0v) is 8.62. The second kappa shape index (κ2) is 4.03. The van der Waals surface area contributed by atoms with E-state index in [0.717, 1.165) is 12.8 Å². The molecule has 1 aliphatic carbocycles. The molecule has 6 heteroatoms. The highest BCUT2D eigenvalue weighted by Gasteiger charge is 2.43. The molecular weight excluding hydrogens is 212 g/mol. The predicted molar refractivity (Wildman–Crippen MR) is 52.1 cm³/mol. The molecule has 1 saturated carbocycles. The van der Waals surface area contributed by atoms with E-state index < -0.39 is 29.7 Å². The Kier molecular flexibility index (Phi) is 2.72. The highest BCUT2D eigenvalue weighted by atomic mass is 16.2. The number of amides is 4. The van der Waals surface area contributed by atoms with E-state index in [-0.39, 0.29) is 5.78 Å². The van der Waals surface area contributed by atoms with Crippen molar-refractivity contribution in [3.8, 4) is 0 Å². The molecular formula is C10H12N2O4. The van der Waals surface area contributed by atoms with Crippen LogP contribution in [0.1, 0.15) is 25.7 Å². The van der Waals surface area contributed by atoms with Gasteiger partial charge in [-0.15, -0.1) is 0 Å². The molecule has 1 aliphatic heterocycles. The Morgan fingerprint density at radius 2 is 1.56 bits per heavy atom. The Morgan fingerprint density at radius 3 is 2.12 bits per heavy atom. The Balaban J connectivity index is 2.18. The number of hydrogen-bond acceptors (Lipinski definition) is 4. The van der Waals surface area contributed by atoms with Crippen molar-refractivity contribution in [2.24, 2.45) is 11.8 Å². The molecule has 2 aliphatic rings. The van der Waals surface area contributed by atoms with E-state index in [1.807, 2.05) is 10.6 Å². The van der Waals surface area contributed by atoms with E-state index in [9.17, 15) is 19.2 Å². The summed E-state index contributed by atoms with van der Waals surface area (Å²) in [7, 11) is 0. The molecule has 0 spiro atoms. The average molecular weight is 224 g/mol. The fourth-order valence-electron chi connectivity index (χ4n) is 2.26. The third-order valence-corrected chi connectivity index (χ3v) is 3.04. The summed E-state index contributed by atoms with van der Waals surface area (Å²) < 4.78 is 0. The maximum atomic E-state index is 11.6. The molecule has 2 rings (SSSR count). The van der Waals surface area contributed by atoms with E-state index in [0.29, 0.717) is 12.8 Å². The molecule has 86 valence electrons. The Morgan fingerprint density at radius 1 is 0.938 bits per heavy atom. The van der Waals surface area contributed by atoms with Crippen molar-refractivity contribution in [3.05, 3.63) is 0 Å². The van der Waals surface area contributed by atoms with Crippen LogP contribution < -0.4 is 10.6 Å². The highest BCUT2D eigenvalue weighted by Crippen LogP contribution is 2.28. The first-order valence-corrected chi connectivity index (χ1v) is 5.28. The molecule has 1 atom stereocenters. The number of carbonyl (C=O) groups excluding carboxylic acids is 4. The fourth-order valence-corrected chi connectivity index (χ4v) is 2.26. The second-order valence-electron chi connectivity index (χ2n) is 4.10. The lowest BCUT2D eigenvalue weighted by Gasteiger charge is -2.29. The van der Waals surface area contributed by atoms with E-state index in [1.54, 1.807) is 0 Å². The predicted octanol–water partition coefficient (Wildman–Crippen LogP) is -0.272. The summed E-state index contributed by atoms with van der Waals surface area (Å²) in [5, 5.41) is 4.03. The summed E-state index contributed by atoms with van der Waals surface area (Å²) in [4.78, 5) is 45.5. The first-order valence-electron chi connectivity index (χ1n) is 5.28. The van der Waals surface area contributed by atoms with Crippen molar-refractivity contribution in [2.45, 2.75) is 25.7 Å². The molecule has 0 aromatic rings. The first kappa shape index (κ1) is 10.8. The molecule has 0 bridgehead atoms. The van der Waals surface area contributed by atoms with Gasteiger partial charge in [-0.2, -0.15) is 0 Å². The molecule has 1 heterocycles. The Hall–Kier alpha value is -1.72. The van der Waals surface area contributed by atoms with E-state index >= 15 is 0 Å². The zero-order valence-electron chi connectivity index (χ0n) is 8.62. The largest absolute Gasteiger partial charge is 0.328 e. The van der Waals surface area contributed by atoms with Crippen molar-refractivity contribution in [3.63, 3.8) is 0 Å². The third kappa shape index (κ3) is 1.82. The van der Waals surface area contributed by atoms with Crippen LogP contribution in [-0.2, 0) is 14.4 Å². The van der Waals surface area contributed by atoms with Crippen molar-refractivity contribution in [1.82, 2.24) is 10.6 Å². The lowest BCUT2D eigenvalue weighted by molar-refractivity contribution is -0.144. The maximum Gasteiger partial charge on any atom is 0.328 e. The number of hydrogen-bond donors (Lipinski definition) is 2. The number of ketones is 1. The summed E-state index contributed by atoms with van der Waals surface area (Å²) in [6.45, 7) is 0. The summed E-state index contributed by atoms with van der Waals surface area (Å²) in [5.74, 6) is -2.98. The number of carbonyl (C=O) groups is 4. The fraction of sp³-hybridized carbons (Fsp3) is 0.600. The third-order valence-electron chi connectivity index (χ3n) is 3.04. The molecule has 1 unspecified atom stereocenters. The Bertz CT molecular complexity index is 357. The zero-order chi connectivity index (χ0) is 11.7. The summed E-state index contributed by atoms with van der Waals surface area (Å²) >= 11 is 0. The van der Waals surface area contributed by atoms with Crippen molar-refractivity contribution < 1.29 is 19.2 Å². The summed E-state index contributed by atoms with van der Waals surface area (Å²) in [6.07, 6.45) is 2.60. The van der Waals surface area contributed by atoms with Gasteiger partial charge in [0.1, 0.15) is 11.7 Å². The quantitative estimate of drug-likeness (QED) is 0.599. The van der Waals surface area contributed by atoms with E-state index in [1.165, 1.54) is 0 Å². The minimum Gasteiger partial charge on any atom is -0.299 e. The van der Waals surface area contributed by atoms with Crippen LogP contribution in [0.25, 0.3) is 0 Å². The lowest BCUT2D eigenvalue weighted by Crippen LogP contribution is -2.58. The first-order chi connectivity index (χ1) is 7.59. The molecule has 4 amide bonds. The van der Waals surface area contributed by atoms with Gasteiger partial charge in [-0.25, -0.2) is 4.79 Å². The summed E-state index contributed by atoms with van der Waals surface area (Å²) in [5.41, 5.74) is 0. The van der Waals surface area contributed by atoms with Gasteiger partial charge in [0, 0.05) is 12.3 Å². The molecule has 6 nitrogen and oxygen atoms in total. The number of nitrogens with one attached hydrogen (secondary N) is 2.